The molecule has 0 aromatic carbocycles. The molecule has 16 heavy (non-hydrogen) atoms. The van der Waals surface area contributed by atoms with Gasteiger partial charge in [0.15, 0.2) is 11.9 Å². The first-order chi connectivity index (χ1) is 7.27. The molecule has 0 spiro atoms. The summed E-state index contributed by atoms with van der Waals surface area (Å²) in [5.74, 6) is -2.84. The molecule has 2 N–H and O–H groups in total. The zero-order chi connectivity index (χ0) is 12.1. The van der Waals surface area contributed by atoms with Crippen molar-refractivity contribution in [2.75, 3.05) is 0 Å². The highest BCUT2D eigenvalue weighted by molar-refractivity contribution is 5.99. The van der Waals surface area contributed by atoms with Crippen LogP contribution in [-0.4, -0.2) is 40.9 Å². The van der Waals surface area contributed by atoms with Gasteiger partial charge in [-0.25, -0.2) is 0 Å². The van der Waals surface area contributed by atoms with Gasteiger partial charge in [0.1, 0.15) is 6.10 Å². The third-order valence-corrected chi connectivity index (χ3v) is 2.35. The Morgan fingerprint density at radius 1 is 1.56 bits per heavy atom. The Hall–Kier alpha value is -1.41. The number of carbonyl (C=O) groups excluding carboxylic acids is 2. The highest BCUT2D eigenvalue weighted by Gasteiger charge is 2.68. The Bertz CT molecular complexity index is 387. The first kappa shape index (κ1) is 11.1. The summed E-state index contributed by atoms with van der Waals surface area (Å²) in [4.78, 5) is 21.7. The highest BCUT2D eigenvalue weighted by atomic mass is 19.4. The maximum Gasteiger partial charge on any atom is 0.471 e. The number of aliphatic hydroxyl groups is 1. The first-order valence-corrected chi connectivity index (χ1v) is 4.24. The molecule has 2 aliphatic rings. The number of fused-ring (bicyclic) bond motifs is 1. The van der Waals surface area contributed by atoms with E-state index in [1.165, 1.54) is 5.32 Å². The Morgan fingerprint density at radius 2 is 2.19 bits per heavy atom. The van der Waals surface area contributed by atoms with Gasteiger partial charge < -0.3 is 15.2 Å². The smallest absolute Gasteiger partial charge is 0.384 e. The minimum Gasteiger partial charge on any atom is -0.384 e. The van der Waals surface area contributed by atoms with Crippen LogP contribution in [0.4, 0.5) is 13.2 Å². The summed E-state index contributed by atoms with van der Waals surface area (Å²) in [6, 6.07) is 0. The number of amides is 1. The molecule has 3 atom stereocenters. The third-order valence-electron chi connectivity index (χ3n) is 2.35. The van der Waals surface area contributed by atoms with Gasteiger partial charge in [-0.2, -0.15) is 13.2 Å². The number of nitrogens with one attached hydrogen (secondary N) is 1. The van der Waals surface area contributed by atoms with Crippen molar-refractivity contribution in [3.05, 3.63) is 12.2 Å². The summed E-state index contributed by atoms with van der Waals surface area (Å²) >= 11 is 0. The number of aliphatic hydroxyl groups excluding tert-OH is 1. The number of halogens is 3. The zero-order valence-corrected chi connectivity index (χ0v) is 7.62. The molecule has 5 nitrogen and oxygen atoms in total. The van der Waals surface area contributed by atoms with Crippen molar-refractivity contribution in [1.82, 2.24) is 5.32 Å². The van der Waals surface area contributed by atoms with Gasteiger partial charge in [-0.3, -0.25) is 9.59 Å². The van der Waals surface area contributed by atoms with Crippen LogP contribution in [0.5, 0.6) is 0 Å². The Morgan fingerprint density at radius 3 is 2.75 bits per heavy atom. The van der Waals surface area contributed by atoms with Crippen LogP contribution in [0.3, 0.4) is 0 Å². The van der Waals surface area contributed by atoms with Crippen molar-refractivity contribution in [2.45, 2.75) is 24.1 Å². The van der Waals surface area contributed by atoms with E-state index in [1.54, 1.807) is 0 Å². The number of carbonyl (C=O) groups is 2. The largest absolute Gasteiger partial charge is 0.471 e. The summed E-state index contributed by atoms with van der Waals surface area (Å²) in [6.45, 7) is 0. The normalized spacial score (nSPS) is 36.9. The van der Waals surface area contributed by atoms with Crippen LogP contribution in [0.1, 0.15) is 0 Å². The van der Waals surface area contributed by atoms with Gasteiger partial charge in [0, 0.05) is 0 Å². The SMILES string of the molecule is O=C1C=CC(O)C2(NC(=O)C(F)(F)F)OC12. The molecule has 0 saturated carbocycles. The molecule has 2 rings (SSSR count). The molecule has 0 aromatic heterocycles. The molecule has 0 radical (unpaired) electrons. The number of alkyl halides is 3. The van der Waals surface area contributed by atoms with Gasteiger partial charge in [0.25, 0.3) is 0 Å². The number of ether oxygens (including phenoxy) is 1. The monoisotopic (exact) mass is 237 g/mol. The van der Waals surface area contributed by atoms with E-state index in [1.807, 2.05) is 0 Å². The summed E-state index contributed by atoms with van der Waals surface area (Å²) in [7, 11) is 0. The van der Waals surface area contributed by atoms with E-state index in [4.69, 9.17) is 0 Å². The summed E-state index contributed by atoms with van der Waals surface area (Å²) < 4.78 is 40.6. The lowest BCUT2D eigenvalue weighted by atomic mass is 9.98. The second kappa shape index (κ2) is 3.05. The van der Waals surface area contributed by atoms with Crippen LogP contribution in [0.25, 0.3) is 0 Å². The van der Waals surface area contributed by atoms with Crippen molar-refractivity contribution in [3.8, 4) is 0 Å². The standard InChI is InChI=1S/C8H6F3NO4/c9-8(10,11)6(15)12-7-4(14)2-1-3(13)5(7)16-7/h1-2,4-5,14H,(H,12,15). The van der Waals surface area contributed by atoms with E-state index < -0.39 is 35.8 Å². The number of hydrogen-bond donors (Lipinski definition) is 2. The van der Waals surface area contributed by atoms with Crippen molar-refractivity contribution in [2.24, 2.45) is 0 Å². The van der Waals surface area contributed by atoms with Gasteiger partial charge >= 0.3 is 12.1 Å². The average molecular weight is 237 g/mol. The lowest BCUT2D eigenvalue weighted by molar-refractivity contribution is -0.176. The van der Waals surface area contributed by atoms with E-state index in [9.17, 15) is 27.9 Å². The molecule has 1 aliphatic heterocycles. The maximum absolute atomic E-state index is 12.0. The van der Waals surface area contributed by atoms with Crippen molar-refractivity contribution in [3.63, 3.8) is 0 Å². The fraction of sp³-hybridized carbons (Fsp3) is 0.500. The fourth-order valence-electron chi connectivity index (χ4n) is 1.49. The molecule has 1 heterocycles. The van der Waals surface area contributed by atoms with E-state index in [2.05, 4.69) is 4.74 Å². The minimum atomic E-state index is -5.09. The van der Waals surface area contributed by atoms with E-state index in [-0.39, 0.29) is 0 Å². The Labute approximate surface area is 86.9 Å². The lowest BCUT2D eigenvalue weighted by Gasteiger charge is -2.21. The molecule has 1 fully saturated rings. The lowest BCUT2D eigenvalue weighted by Crippen LogP contribution is -2.54. The summed E-state index contributed by atoms with van der Waals surface area (Å²) in [5, 5.41) is 10.8. The average Bonchev–Trinajstić information content (AvgIpc) is 2.87. The van der Waals surface area contributed by atoms with E-state index in [0.29, 0.717) is 0 Å². The number of ketones is 1. The molecule has 3 unspecified atom stereocenters. The maximum atomic E-state index is 12.0. The molecular formula is C8H6F3NO4. The van der Waals surface area contributed by atoms with Crippen molar-refractivity contribution >= 4 is 11.7 Å². The summed E-state index contributed by atoms with van der Waals surface area (Å²) in [5.41, 5.74) is -1.95. The topological polar surface area (TPSA) is 78.9 Å². The molecule has 1 amide bonds. The molecule has 1 aliphatic carbocycles. The van der Waals surface area contributed by atoms with Gasteiger partial charge in [-0.15, -0.1) is 0 Å². The Balaban J connectivity index is 2.15. The second-order valence-corrected chi connectivity index (χ2v) is 3.45. The van der Waals surface area contributed by atoms with Gasteiger partial charge in [0.2, 0.25) is 5.72 Å². The van der Waals surface area contributed by atoms with Crippen LogP contribution in [0.2, 0.25) is 0 Å². The highest BCUT2D eigenvalue weighted by Crippen LogP contribution is 2.41. The van der Waals surface area contributed by atoms with Gasteiger partial charge in [0.05, 0.1) is 0 Å². The van der Waals surface area contributed by atoms with Crippen molar-refractivity contribution in [1.29, 1.82) is 0 Å². The van der Waals surface area contributed by atoms with Crippen LogP contribution >= 0.6 is 0 Å². The van der Waals surface area contributed by atoms with Crippen LogP contribution in [0, 0.1) is 0 Å². The van der Waals surface area contributed by atoms with Crippen LogP contribution < -0.4 is 5.32 Å². The van der Waals surface area contributed by atoms with Crippen LogP contribution in [0.15, 0.2) is 12.2 Å². The number of hydrogen-bond acceptors (Lipinski definition) is 4. The van der Waals surface area contributed by atoms with Crippen molar-refractivity contribution < 1.29 is 32.6 Å². The minimum absolute atomic E-state index is 0.590. The predicted molar refractivity (Wildman–Crippen MR) is 42.0 cm³/mol. The first-order valence-electron chi connectivity index (χ1n) is 4.24. The third kappa shape index (κ3) is 1.50. The Kier molecular flexibility index (Phi) is 2.11. The molecule has 0 bridgehead atoms. The predicted octanol–water partition coefficient (Wildman–Crippen LogP) is -0.740. The molecule has 88 valence electrons. The summed E-state index contributed by atoms with van der Waals surface area (Å²) in [6.07, 6.45) is -5.82. The molecule has 8 heteroatoms. The fourth-order valence-corrected chi connectivity index (χ4v) is 1.49. The van der Waals surface area contributed by atoms with Gasteiger partial charge in [-0.05, 0) is 12.2 Å². The molecule has 1 saturated heterocycles. The van der Waals surface area contributed by atoms with Crippen LogP contribution in [-0.2, 0) is 14.3 Å². The van der Waals surface area contributed by atoms with E-state index in [0.717, 1.165) is 12.2 Å². The van der Waals surface area contributed by atoms with Gasteiger partial charge in [-0.1, -0.05) is 0 Å². The number of epoxide rings is 1. The quantitative estimate of drug-likeness (QED) is 0.589. The van der Waals surface area contributed by atoms with E-state index >= 15 is 0 Å². The zero-order valence-electron chi connectivity index (χ0n) is 7.62. The second-order valence-electron chi connectivity index (χ2n) is 3.45. The molecular weight excluding hydrogens is 231 g/mol. The molecule has 0 aromatic rings. The number of rotatable bonds is 1.